The molecule has 0 amide bonds. The van der Waals surface area contributed by atoms with E-state index in [9.17, 15) is 9.50 Å². The van der Waals surface area contributed by atoms with Crippen LogP contribution in [-0.2, 0) is 5.60 Å². The molecule has 70 valence electrons. The fraction of sp³-hybridized carbons (Fsp3) is 0.111. The quantitative estimate of drug-likeness (QED) is 0.778. The average Bonchev–Trinajstić information content (AvgIpc) is 2.21. The highest BCUT2D eigenvalue weighted by Gasteiger charge is 2.29. The summed E-state index contributed by atoms with van der Waals surface area (Å²) in [4.78, 5) is 0. The van der Waals surface area contributed by atoms with Gasteiger partial charge in [-0.15, -0.1) is 0 Å². The lowest BCUT2D eigenvalue weighted by Crippen LogP contribution is -2.20. The highest BCUT2D eigenvalue weighted by Crippen LogP contribution is 2.24. The van der Waals surface area contributed by atoms with Crippen LogP contribution in [0.4, 0.5) is 4.39 Å². The highest BCUT2D eigenvalue weighted by molar-refractivity contribution is 9.10. The predicted molar refractivity (Wildman–Crippen MR) is 49.2 cm³/mol. The first-order chi connectivity index (χ1) is 6.53. The van der Waals surface area contributed by atoms with E-state index in [2.05, 4.69) is 15.9 Å². The van der Waals surface area contributed by atoms with Crippen LogP contribution in [0.25, 0.3) is 0 Å². The average molecular weight is 255 g/mol. The summed E-state index contributed by atoms with van der Waals surface area (Å²) in [6.45, 7) is 0. The minimum Gasteiger partial charge on any atom is -0.360 e. The van der Waals surface area contributed by atoms with Gasteiger partial charge in [-0.25, -0.2) is 4.39 Å². The van der Waals surface area contributed by atoms with Crippen LogP contribution >= 0.6 is 15.9 Å². The summed E-state index contributed by atoms with van der Waals surface area (Å²) in [6, 6.07) is 6.34. The Hall–Kier alpha value is -1.43. The number of nitrogens with zero attached hydrogens (tertiary/aromatic N) is 2. The molecule has 0 heterocycles. The maximum absolute atomic E-state index is 12.8. The van der Waals surface area contributed by atoms with Gasteiger partial charge in [-0.2, -0.15) is 10.5 Å². The van der Waals surface area contributed by atoms with Crippen molar-refractivity contribution in [1.29, 1.82) is 10.5 Å². The van der Waals surface area contributed by atoms with Gasteiger partial charge in [0.05, 0.1) is 4.47 Å². The zero-order chi connectivity index (χ0) is 10.8. The van der Waals surface area contributed by atoms with Crippen LogP contribution in [-0.4, -0.2) is 5.11 Å². The van der Waals surface area contributed by atoms with Crippen molar-refractivity contribution in [2.24, 2.45) is 0 Å². The first kappa shape index (κ1) is 10.6. The van der Waals surface area contributed by atoms with Crippen LogP contribution in [0, 0.1) is 28.5 Å². The maximum Gasteiger partial charge on any atom is 0.264 e. The fourth-order valence-corrected chi connectivity index (χ4v) is 1.25. The van der Waals surface area contributed by atoms with Crippen molar-refractivity contribution >= 4 is 15.9 Å². The van der Waals surface area contributed by atoms with Crippen molar-refractivity contribution in [2.45, 2.75) is 5.60 Å². The number of hydrogen-bond acceptors (Lipinski definition) is 3. The Morgan fingerprint density at radius 1 is 1.36 bits per heavy atom. The van der Waals surface area contributed by atoms with Gasteiger partial charge < -0.3 is 5.11 Å². The first-order valence-electron chi connectivity index (χ1n) is 3.54. The molecule has 0 bridgehead atoms. The van der Waals surface area contributed by atoms with Crippen LogP contribution in [0.15, 0.2) is 22.7 Å². The molecule has 0 radical (unpaired) electrons. The van der Waals surface area contributed by atoms with Crippen molar-refractivity contribution in [2.75, 3.05) is 0 Å². The number of halogens is 2. The molecule has 1 aromatic rings. The minimum absolute atomic E-state index is 0.0378. The summed E-state index contributed by atoms with van der Waals surface area (Å²) in [5, 5.41) is 26.6. The number of nitriles is 2. The normalized spacial score (nSPS) is 10.4. The molecule has 5 heteroatoms. The Kier molecular flexibility index (Phi) is 2.85. The lowest BCUT2D eigenvalue weighted by atomic mass is 9.97. The second-order valence-electron chi connectivity index (χ2n) is 2.56. The molecule has 0 saturated heterocycles. The first-order valence-corrected chi connectivity index (χ1v) is 4.33. The Labute approximate surface area is 88.1 Å². The van der Waals surface area contributed by atoms with E-state index in [0.29, 0.717) is 0 Å². The van der Waals surface area contributed by atoms with Crippen molar-refractivity contribution in [3.8, 4) is 12.1 Å². The van der Waals surface area contributed by atoms with Crippen molar-refractivity contribution < 1.29 is 9.50 Å². The van der Waals surface area contributed by atoms with Gasteiger partial charge in [0.25, 0.3) is 5.60 Å². The summed E-state index contributed by atoms with van der Waals surface area (Å²) >= 11 is 2.89. The molecular formula is C9H4BrFN2O. The van der Waals surface area contributed by atoms with E-state index in [4.69, 9.17) is 10.5 Å². The summed E-state index contributed by atoms with van der Waals surface area (Å²) in [6.07, 6.45) is 0. The van der Waals surface area contributed by atoms with E-state index < -0.39 is 11.4 Å². The highest BCUT2D eigenvalue weighted by atomic mass is 79.9. The van der Waals surface area contributed by atoms with Gasteiger partial charge >= 0.3 is 0 Å². The Balaban J connectivity index is 3.30. The topological polar surface area (TPSA) is 67.8 Å². The molecule has 0 atom stereocenters. The molecule has 0 aliphatic rings. The molecule has 1 N–H and O–H groups in total. The van der Waals surface area contributed by atoms with Crippen LogP contribution in [0.3, 0.4) is 0 Å². The van der Waals surface area contributed by atoms with Crippen molar-refractivity contribution in [3.05, 3.63) is 34.1 Å². The molecule has 1 aromatic carbocycles. The lowest BCUT2D eigenvalue weighted by Gasteiger charge is -2.11. The molecular weight excluding hydrogens is 251 g/mol. The third-order valence-corrected chi connectivity index (χ3v) is 2.27. The molecule has 0 saturated carbocycles. The zero-order valence-corrected chi connectivity index (χ0v) is 8.42. The smallest absolute Gasteiger partial charge is 0.264 e. The van der Waals surface area contributed by atoms with Gasteiger partial charge in [-0.3, -0.25) is 0 Å². The van der Waals surface area contributed by atoms with Crippen LogP contribution < -0.4 is 0 Å². The molecule has 0 unspecified atom stereocenters. The molecule has 0 aromatic heterocycles. The standard InChI is InChI=1S/C9H4BrFN2O/c10-7-3-6(1-2-8(7)11)9(14,4-12)5-13/h1-3,14H. The fourth-order valence-electron chi connectivity index (χ4n) is 0.875. The molecule has 14 heavy (non-hydrogen) atoms. The summed E-state index contributed by atoms with van der Waals surface area (Å²) in [5.41, 5.74) is -2.19. The molecule has 1 rings (SSSR count). The zero-order valence-electron chi connectivity index (χ0n) is 6.83. The summed E-state index contributed by atoms with van der Waals surface area (Å²) in [5.74, 6) is -0.521. The van der Waals surface area contributed by atoms with Gasteiger partial charge in [0.15, 0.2) is 0 Å². The van der Waals surface area contributed by atoms with E-state index in [1.165, 1.54) is 24.3 Å². The molecule has 0 aliphatic carbocycles. The molecule has 3 nitrogen and oxygen atoms in total. The van der Waals surface area contributed by atoms with Gasteiger partial charge in [0.1, 0.15) is 18.0 Å². The van der Waals surface area contributed by atoms with Crippen LogP contribution in [0.1, 0.15) is 5.56 Å². The Morgan fingerprint density at radius 3 is 2.36 bits per heavy atom. The number of benzene rings is 1. The summed E-state index contributed by atoms with van der Waals surface area (Å²) in [7, 11) is 0. The van der Waals surface area contributed by atoms with E-state index in [1.54, 1.807) is 0 Å². The van der Waals surface area contributed by atoms with Crippen LogP contribution in [0.2, 0.25) is 0 Å². The SMILES string of the molecule is N#CC(O)(C#N)c1ccc(F)c(Br)c1. The Bertz CT molecular complexity index is 433. The van der Waals surface area contributed by atoms with Gasteiger partial charge in [-0.05, 0) is 28.1 Å². The van der Waals surface area contributed by atoms with Gasteiger partial charge in [0.2, 0.25) is 0 Å². The van der Waals surface area contributed by atoms with Crippen molar-refractivity contribution in [3.63, 3.8) is 0 Å². The number of aliphatic hydroxyl groups is 1. The molecule has 0 aliphatic heterocycles. The lowest BCUT2D eigenvalue weighted by molar-refractivity contribution is 0.159. The van der Waals surface area contributed by atoms with E-state index in [1.807, 2.05) is 0 Å². The minimum atomic E-state index is -2.23. The van der Waals surface area contributed by atoms with Gasteiger partial charge in [0, 0.05) is 5.56 Å². The maximum atomic E-state index is 12.8. The number of rotatable bonds is 1. The monoisotopic (exact) mass is 254 g/mol. The Morgan fingerprint density at radius 2 is 1.93 bits per heavy atom. The second kappa shape index (κ2) is 3.75. The largest absolute Gasteiger partial charge is 0.360 e. The number of hydrogen-bond donors (Lipinski definition) is 1. The van der Waals surface area contributed by atoms with E-state index in [-0.39, 0.29) is 10.0 Å². The third kappa shape index (κ3) is 1.74. The summed E-state index contributed by atoms with van der Waals surface area (Å²) < 4.78 is 12.9. The molecule has 0 fully saturated rings. The predicted octanol–water partition coefficient (Wildman–Crippen LogP) is 1.82. The molecule has 0 spiro atoms. The second-order valence-corrected chi connectivity index (χ2v) is 3.42. The van der Waals surface area contributed by atoms with Crippen LogP contribution in [0.5, 0.6) is 0 Å². The third-order valence-electron chi connectivity index (χ3n) is 1.66. The van der Waals surface area contributed by atoms with E-state index in [0.717, 1.165) is 6.07 Å². The van der Waals surface area contributed by atoms with E-state index >= 15 is 0 Å². The van der Waals surface area contributed by atoms with Crippen molar-refractivity contribution in [1.82, 2.24) is 0 Å². The van der Waals surface area contributed by atoms with Gasteiger partial charge in [-0.1, -0.05) is 6.07 Å².